The van der Waals surface area contributed by atoms with Crippen LogP contribution in [-0.2, 0) is 14.1 Å². The zero-order valence-corrected chi connectivity index (χ0v) is 18.9. The van der Waals surface area contributed by atoms with Gasteiger partial charge < -0.3 is 9.64 Å². The smallest absolute Gasteiger partial charge is 0.332 e. The average Bonchev–Trinajstić information content (AvgIpc) is 2.73. The maximum Gasteiger partial charge on any atom is 0.332 e. The lowest BCUT2D eigenvalue weighted by Gasteiger charge is -2.36. The summed E-state index contributed by atoms with van der Waals surface area (Å²) in [5.41, 5.74) is -0.710. The van der Waals surface area contributed by atoms with E-state index in [1.807, 2.05) is 4.90 Å². The number of aromatic nitrogens is 2. The van der Waals surface area contributed by atoms with Gasteiger partial charge in [-0.2, -0.15) is 0 Å². The van der Waals surface area contributed by atoms with Gasteiger partial charge in [-0.1, -0.05) is 11.6 Å². The second-order valence-electron chi connectivity index (χ2n) is 7.14. The van der Waals surface area contributed by atoms with E-state index in [1.54, 1.807) is 7.05 Å². The Morgan fingerprint density at radius 3 is 2.39 bits per heavy atom. The molecule has 0 unspecified atom stereocenters. The predicted molar refractivity (Wildman–Crippen MR) is 121 cm³/mol. The molecule has 0 amide bonds. The monoisotopic (exact) mass is 473 g/mol. The van der Waals surface area contributed by atoms with Crippen LogP contribution in [-0.4, -0.2) is 58.3 Å². The Morgan fingerprint density at radius 1 is 1.10 bits per heavy atom. The highest BCUT2D eigenvalue weighted by Gasteiger charge is 2.20. The standard InChI is InChI=1S/C19H24ClN5O5.ClH/c1-21-17(13-18(26)22(2)19(21)27)24-9-7-23(8-10-24)6-3-11-30-16-5-4-14(25(28)29)12-15(16)20;/h4-5,12-13H,3,6-11H2,1-2H3;1H. The molecule has 1 aromatic heterocycles. The number of non-ortho nitro benzene ring substituents is 1. The van der Waals surface area contributed by atoms with Crippen LogP contribution in [0.15, 0.2) is 33.9 Å². The van der Waals surface area contributed by atoms with Crippen molar-refractivity contribution >= 4 is 35.5 Å². The quantitative estimate of drug-likeness (QED) is 0.342. The lowest BCUT2D eigenvalue weighted by molar-refractivity contribution is -0.384. The molecular weight excluding hydrogens is 449 g/mol. The van der Waals surface area contributed by atoms with E-state index < -0.39 is 4.92 Å². The van der Waals surface area contributed by atoms with Crippen LogP contribution in [0.4, 0.5) is 11.5 Å². The van der Waals surface area contributed by atoms with Gasteiger partial charge in [0.25, 0.3) is 11.2 Å². The van der Waals surface area contributed by atoms with Crippen molar-refractivity contribution in [2.24, 2.45) is 14.1 Å². The molecular formula is C19H25Cl2N5O5. The Morgan fingerprint density at radius 2 is 1.77 bits per heavy atom. The van der Waals surface area contributed by atoms with Crippen LogP contribution in [0.5, 0.6) is 5.75 Å². The summed E-state index contributed by atoms with van der Waals surface area (Å²) in [5.74, 6) is 1.07. The van der Waals surface area contributed by atoms with Crippen LogP contribution in [0.2, 0.25) is 5.02 Å². The Bertz CT molecular complexity index is 1050. The average molecular weight is 474 g/mol. The third-order valence-corrected chi connectivity index (χ3v) is 5.49. The molecule has 0 aliphatic carbocycles. The molecule has 10 nitrogen and oxygen atoms in total. The van der Waals surface area contributed by atoms with E-state index >= 15 is 0 Å². The number of nitro benzene ring substituents is 1. The molecule has 0 N–H and O–H groups in total. The largest absolute Gasteiger partial charge is 0.492 e. The van der Waals surface area contributed by atoms with Crippen molar-refractivity contribution in [3.05, 3.63) is 60.2 Å². The fourth-order valence-corrected chi connectivity index (χ4v) is 3.65. The van der Waals surface area contributed by atoms with E-state index in [9.17, 15) is 19.7 Å². The molecule has 12 heteroatoms. The lowest BCUT2D eigenvalue weighted by atomic mass is 10.3. The number of rotatable bonds is 7. The molecule has 1 saturated heterocycles. The number of nitrogens with zero attached hydrogens (tertiary/aromatic N) is 5. The Labute approximate surface area is 190 Å². The number of hydrogen-bond acceptors (Lipinski definition) is 7. The van der Waals surface area contributed by atoms with Crippen LogP contribution < -0.4 is 20.9 Å². The number of hydrogen-bond donors (Lipinski definition) is 0. The molecule has 0 radical (unpaired) electrons. The topological polar surface area (TPSA) is 103 Å². The summed E-state index contributed by atoms with van der Waals surface area (Å²) in [7, 11) is 3.14. The molecule has 2 heterocycles. The van der Waals surface area contributed by atoms with Crippen molar-refractivity contribution in [1.82, 2.24) is 14.0 Å². The fourth-order valence-electron chi connectivity index (χ4n) is 3.42. The van der Waals surface area contributed by atoms with Gasteiger partial charge in [-0.05, 0) is 12.5 Å². The van der Waals surface area contributed by atoms with Crippen molar-refractivity contribution in [3.8, 4) is 5.75 Å². The molecule has 1 aromatic carbocycles. The number of halogens is 2. The molecule has 170 valence electrons. The van der Waals surface area contributed by atoms with Crippen LogP contribution in [0.3, 0.4) is 0 Å². The van der Waals surface area contributed by atoms with Gasteiger partial charge in [0, 0.05) is 65.0 Å². The molecule has 0 bridgehead atoms. The first-order valence-corrected chi connectivity index (χ1v) is 9.97. The van der Waals surface area contributed by atoms with E-state index in [1.165, 1.54) is 35.9 Å². The summed E-state index contributed by atoms with van der Waals surface area (Å²) in [6, 6.07) is 5.65. The third kappa shape index (κ3) is 5.78. The summed E-state index contributed by atoms with van der Waals surface area (Å²) in [4.78, 5) is 38.6. The molecule has 1 fully saturated rings. The van der Waals surface area contributed by atoms with E-state index in [2.05, 4.69) is 4.90 Å². The molecule has 1 aliphatic rings. The fraction of sp³-hybridized carbons (Fsp3) is 0.474. The zero-order chi connectivity index (χ0) is 21.8. The number of anilines is 1. The summed E-state index contributed by atoms with van der Waals surface area (Å²) in [6.45, 7) is 4.32. The van der Waals surface area contributed by atoms with E-state index in [0.29, 0.717) is 18.2 Å². The SMILES string of the molecule is Cl.Cn1c(N2CCN(CCCOc3ccc([N+](=O)[O-])cc3Cl)CC2)cc(=O)n(C)c1=O. The molecule has 0 spiro atoms. The van der Waals surface area contributed by atoms with Crippen molar-refractivity contribution in [1.29, 1.82) is 0 Å². The summed E-state index contributed by atoms with van der Waals surface area (Å²) >= 11 is 6.03. The van der Waals surface area contributed by atoms with Gasteiger partial charge in [0.2, 0.25) is 0 Å². The van der Waals surface area contributed by atoms with Gasteiger partial charge in [-0.15, -0.1) is 12.4 Å². The lowest BCUT2D eigenvalue weighted by Crippen LogP contribution is -2.49. The summed E-state index contributed by atoms with van der Waals surface area (Å²) < 4.78 is 8.23. The van der Waals surface area contributed by atoms with Gasteiger partial charge in [0.1, 0.15) is 11.6 Å². The first-order chi connectivity index (χ1) is 14.3. The summed E-state index contributed by atoms with van der Waals surface area (Å²) in [6.07, 6.45) is 0.775. The van der Waals surface area contributed by atoms with Gasteiger partial charge in [-0.3, -0.25) is 28.9 Å². The number of ether oxygens (including phenoxy) is 1. The molecule has 1 aliphatic heterocycles. The van der Waals surface area contributed by atoms with Crippen molar-refractivity contribution < 1.29 is 9.66 Å². The van der Waals surface area contributed by atoms with E-state index in [0.717, 1.165) is 43.7 Å². The summed E-state index contributed by atoms with van der Waals surface area (Å²) in [5, 5.41) is 11.0. The van der Waals surface area contributed by atoms with Crippen molar-refractivity contribution in [2.45, 2.75) is 6.42 Å². The molecule has 3 rings (SSSR count). The van der Waals surface area contributed by atoms with Crippen LogP contribution in [0.1, 0.15) is 6.42 Å². The zero-order valence-electron chi connectivity index (χ0n) is 17.3. The Kier molecular flexibility index (Phi) is 8.49. The minimum atomic E-state index is -0.500. The van der Waals surface area contributed by atoms with Crippen LogP contribution >= 0.6 is 24.0 Å². The second-order valence-corrected chi connectivity index (χ2v) is 7.55. The van der Waals surface area contributed by atoms with Crippen LogP contribution in [0, 0.1) is 10.1 Å². The third-order valence-electron chi connectivity index (χ3n) is 5.20. The number of nitro groups is 1. The molecule has 2 aromatic rings. The number of piperazine rings is 1. The second kappa shape index (κ2) is 10.7. The molecule has 0 saturated carbocycles. The van der Waals surface area contributed by atoms with E-state index in [4.69, 9.17) is 16.3 Å². The highest BCUT2D eigenvalue weighted by molar-refractivity contribution is 6.32. The van der Waals surface area contributed by atoms with E-state index in [-0.39, 0.29) is 34.4 Å². The van der Waals surface area contributed by atoms with Gasteiger partial charge in [0.05, 0.1) is 16.6 Å². The normalized spacial score (nSPS) is 14.2. The van der Waals surface area contributed by atoms with Gasteiger partial charge in [0.15, 0.2) is 0 Å². The Hall–Kier alpha value is -2.56. The first-order valence-electron chi connectivity index (χ1n) is 9.59. The maximum absolute atomic E-state index is 12.1. The van der Waals surface area contributed by atoms with Gasteiger partial charge >= 0.3 is 5.69 Å². The predicted octanol–water partition coefficient (Wildman–Crippen LogP) is 1.66. The van der Waals surface area contributed by atoms with Crippen LogP contribution in [0.25, 0.3) is 0 Å². The number of benzene rings is 1. The maximum atomic E-state index is 12.1. The van der Waals surface area contributed by atoms with Crippen molar-refractivity contribution in [3.63, 3.8) is 0 Å². The first kappa shape index (κ1) is 24.7. The Balaban J connectivity index is 0.00000341. The van der Waals surface area contributed by atoms with Gasteiger partial charge in [-0.25, -0.2) is 4.79 Å². The minimum Gasteiger partial charge on any atom is -0.492 e. The minimum absolute atomic E-state index is 0. The highest BCUT2D eigenvalue weighted by atomic mass is 35.5. The highest BCUT2D eigenvalue weighted by Crippen LogP contribution is 2.28. The molecule has 31 heavy (non-hydrogen) atoms. The molecule has 0 atom stereocenters. The van der Waals surface area contributed by atoms with Crippen molar-refractivity contribution in [2.75, 3.05) is 44.2 Å².